The van der Waals surface area contributed by atoms with Gasteiger partial charge in [-0.2, -0.15) is 0 Å². The SMILES string of the molecule is CC1(C)O[C@@H](COCc2ccccc2)[C@H](CO[C@]2(COC(=O)c3ccccc3)O[C@H](COC(=O)c3ccccc3)[C@H]3OC(C)(C)O[C@H]32)O1. The second kappa shape index (κ2) is 14.4. The van der Waals surface area contributed by atoms with E-state index >= 15 is 0 Å². The van der Waals surface area contributed by atoms with Crippen molar-refractivity contribution < 1.29 is 52.2 Å². The summed E-state index contributed by atoms with van der Waals surface area (Å²) in [6, 6.07) is 27.1. The Morgan fingerprint density at radius 3 is 1.77 bits per heavy atom. The van der Waals surface area contributed by atoms with E-state index < -0.39 is 59.8 Å². The third-order valence-electron chi connectivity index (χ3n) is 8.25. The molecule has 3 saturated heterocycles. The summed E-state index contributed by atoms with van der Waals surface area (Å²) in [5.74, 6) is -4.64. The summed E-state index contributed by atoms with van der Waals surface area (Å²) in [6.45, 7) is 7.34. The van der Waals surface area contributed by atoms with E-state index in [4.69, 9.17) is 42.6 Å². The van der Waals surface area contributed by atoms with Crippen molar-refractivity contribution >= 4 is 11.9 Å². The first-order valence-electron chi connectivity index (χ1n) is 16.1. The largest absolute Gasteiger partial charge is 0.459 e. The van der Waals surface area contributed by atoms with Crippen molar-refractivity contribution in [3.05, 3.63) is 108 Å². The van der Waals surface area contributed by atoms with Gasteiger partial charge in [0.05, 0.1) is 30.9 Å². The fourth-order valence-corrected chi connectivity index (χ4v) is 6.12. The monoisotopic (exact) mass is 662 g/mol. The highest BCUT2D eigenvalue weighted by molar-refractivity contribution is 5.89. The predicted octanol–water partition coefficient (Wildman–Crippen LogP) is 5.07. The van der Waals surface area contributed by atoms with Crippen LogP contribution in [0.5, 0.6) is 0 Å². The van der Waals surface area contributed by atoms with Gasteiger partial charge in [-0.25, -0.2) is 9.59 Å². The van der Waals surface area contributed by atoms with Gasteiger partial charge in [-0.15, -0.1) is 0 Å². The molecule has 0 saturated carbocycles. The molecule has 6 atom stereocenters. The molecule has 48 heavy (non-hydrogen) atoms. The summed E-state index contributed by atoms with van der Waals surface area (Å²) < 4.78 is 55.6. The van der Waals surface area contributed by atoms with Gasteiger partial charge < -0.3 is 42.6 Å². The molecule has 11 nitrogen and oxygen atoms in total. The lowest BCUT2D eigenvalue weighted by atomic mass is 10.1. The molecular formula is C37H42O11. The molecule has 0 aromatic heterocycles. The van der Waals surface area contributed by atoms with E-state index in [1.165, 1.54) is 0 Å². The molecule has 3 aromatic carbocycles. The zero-order chi connectivity index (χ0) is 33.8. The molecule has 0 bridgehead atoms. The maximum absolute atomic E-state index is 13.1. The standard InChI is InChI=1S/C37H42O11/c1-35(2)44-28(21-40-20-25-14-8-5-9-15-25)29(45-35)23-43-37(24-42-34(39)27-18-12-7-13-19-27)32-31(47-36(3,4)48-32)30(46-37)22-41-33(38)26-16-10-6-11-17-26/h5-19,28-32H,20-24H2,1-4H3/t28-,29-,30+,31+,32+,37+/m0/s1. The Morgan fingerprint density at radius 1 is 0.604 bits per heavy atom. The average Bonchev–Trinajstić information content (AvgIpc) is 3.68. The fraction of sp³-hybridized carbons (Fsp3) is 0.459. The summed E-state index contributed by atoms with van der Waals surface area (Å²) >= 11 is 0. The first-order valence-corrected chi connectivity index (χ1v) is 16.1. The van der Waals surface area contributed by atoms with E-state index in [1.807, 2.05) is 56.3 Å². The van der Waals surface area contributed by atoms with Gasteiger partial charge in [0.25, 0.3) is 0 Å². The van der Waals surface area contributed by atoms with Crippen LogP contribution in [0.1, 0.15) is 54.0 Å². The zero-order valence-electron chi connectivity index (χ0n) is 27.6. The van der Waals surface area contributed by atoms with E-state index in [0.29, 0.717) is 17.7 Å². The van der Waals surface area contributed by atoms with Crippen molar-refractivity contribution in [1.82, 2.24) is 0 Å². The smallest absolute Gasteiger partial charge is 0.338 e. The molecule has 0 amide bonds. The van der Waals surface area contributed by atoms with Gasteiger partial charge in [-0.05, 0) is 57.5 Å². The van der Waals surface area contributed by atoms with Crippen molar-refractivity contribution in [3.8, 4) is 0 Å². The summed E-state index contributed by atoms with van der Waals surface area (Å²) in [5, 5.41) is 0. The number of rotatable bonds is 13. The molecule has 3 aromatic rings. The Hall–Kier alpha value is -3.68. The molecule has 256 valence electrons. The van der Waals surface area contributed by atoms with Gasteiger partial charge in [-0.3, -0.25) is 0 Å². The number of hydrogen-bond acceptors (Lipinski definition) is 11. The number of fused-ring (bicyclic) bond motifs is 1. The van der Waals surface area contributed by atoms with Crippen LogP contribution in [-0.2, 0) is 49.2 Å². The Bertz CT molecular complexity index is 1510. The highest BCUT2D eigenvalue weighted by Gasteiger charge is 2.65. The van der Waals surface area contributed by atoms with Gasteiger partial charge >= 0.3 is 11.9 Å². The van der Waals surface area contributed by atoms with Crippen molar-refractivity contribution in [2.24, 2.45) is 0 Å². The van der Waals surface area contributed by atoms with Crippen LogP contribution < -0.4 is 0 Å². The third-order valence-corrected chi connectivity index (χ3v) is 8.25. The van der Waals surface area contributed by atoms with Gasteiger partial charge in [0.15, 0.2) is 11.6 Å². The quantitative estimate of drug-likeness (QED) is 0.229. The van der Waals surface area contributed by atoms with Crippen molar-refractivity contribution in [3.63, 3.8) is 0 Å². The minimum atomic E-state index is -1.64. The molecule has 3 fully saturated rings. The Kier molecular flexibility index (Phi) is 10.3. The minimum Gasteiger partial charge on any atom is -0.459 e. The molecule has 0 radical (unpaired) electrons. The van der Waals surface area contributed by atoms with E-state index in [2.05, 4.69) is 0 Å². The van der Waals surface area contributed by atoms with E-state index in [0.717, 1.165) is 5.56 Å². The molecule has 11 heteroatoms. The maximum atomic E-state index is 13.1. The highest BCUT2D eigenvalue weighted by atomic mass is 16.8. The molecule has 3 aliphatic heterocycles. The fourth-order valence-electron chi connectivity index (χ4n) is 6.12. The number of hydrogen-bond donors (Lipinski definition) is 0. The molecule has 0 N–H and O–H groups in total. The van der Waals surface area contributed by atoms with E-state index in [-0.39, 0.29) is 26.4 Å². The van der Waals surface area contributed by atoms with Crippen LogP contribution in [0.4, 0.5) is 0 Å². The lowest BCUT2D eigenvalue weighted by Gasteiger charge is -2.35. The number of ether oxygens (including phenoxy) is 9. The predicted molar refractivity (Wildman–Crippen MR) is 171 cm³/mol. The summed E-state index contributed by atoms with van der Waals surface area (Å²) in [5.41, 5.74) is 1.80. The average molecular weight is 663 g/mol. The second-order valence-corrected chi connectivity index (χ2v) is 12.9. The van der Waals surface area contributed by atoms with Crippen LogP contribution >= 0.6 is 0 Å². The lowest BCUT2D eigenvalue weighted by Crippen LogP contribution is -2.51. The second-order valence-electron chi connectivity index (χ2n) is 12.9. The maximum Gasteiger partial charge on any atom is 0.338 e. The van der Waals surface area contributed by atoms with Crippen LogP contribution in [0, 0.1) is 0 Å². The number of esters is 2. The number of carbonyl (C=O) groups is 2. The van der Waals surface area contributed by atoms with Gasteiger partial charge in [-0.1, -0.05) is 66.7 Å². The van der Waals surface area contributed by atoms with E-state index in [9.17, 15) is 9.59 Å². The van der Waals surface area contributed by atoms with Gasteiger partial charge in [0.2, 0.25) is 5.79 Å². The normalized spacial score (nSPS) is 28.5. The third kappa shape index (κ3) is 8.12. The Labute approximate surface area is 280 Å². The Balaban J connectivity index is 1.20. The van der Waals surface area contributed by atoms with Crippen LogP contribution in [0.3, 0.4) is 0 Å². The summed E-state index contributed by atoms with van der Waals surface area (Å²) in [7, 11) is 0. The molecular weight excluding hydrogens is 620 g/mol. The van der Waals surface area contributed by atoms with Crippen LogP contribution in [-0.4, -0.2) is 86.2 Å². The van der Waals surface area contributed by atoms with Gasteiger partial charge in [0, 0.05) is 0 Å². The van der Waals surface area contributed by atoms with E-state index in [1.54, 1.807) is 62.4 Å². The molecule has 0 aliphatic carbocycles. The van der Waals surface area contributed by atoms with Gasteiger partial charge in [0.1, 0.15) is 43.7 Å². The molecule has 0 unspecified atom stereocenters. The number of carbonyl (C=O) groups excluding carboxylic acids is 2. The molecule has 3 aliphatic rings. The first-order chi connectivity index (χ1) is 23.0. The van der Waals surface area contributed by atoms with Crippen LogP contribution in [0.15, 0.2) is 91.0 Å². The van der Waals surface area contributed by atoms with Crippen molar-refractivity contribution in [2.75, 3.05) is 26.4 Å². The van der Waals surface area contributed by atoms with Crippen molar-refractivity contribution in [2.45, 2.75) is 82.2 Å². The van der Waals surface area contributed by atoms with Crippen molar-refractivity contribution in [1.29, 1.82) is 0 Å². The topological polar surface area (TPSA) is 117 Å². The molecule has 0 spiro atoms. The Morgan fingerprint density at radius 2 is 1.15 bits per heavy atom. The molecule has 3 heterocycles. The highest BCUT2D eigenvalue weighted by Crippen LogP contribution is 2.46. The summed E-state index contributed by atoms with van der Waals surface area (Å²) in [4.78, 5) is 25.9. The zero-order valence-corrected chi connectivity index (χ0v) is 27.6. The van der Waals surface area contributed by atoms with Crippen LogP contribution in [0.25, 0.3) is 0 Å². The first kappa shape index (κ1) is 34.2. The minimum absolute atomic E-state index is 0.0186. The molecule has 6 rings (SSSR count). The number of benzene rings is 3. The lowest BCUT2D eigenvalue weighted by molar-refractivity contribution is -0.311. The summed E-state index contributed by atoms with van der Waals surface area (Å²) in [6.07, 6.45) is -3.39. The van der Waals surface area contributed by atoms with Crippen LogP contribution in [0.2, 0.25) is 0 Å².